The Morgan fingerprint density at radius 2 is 1.83 bits per heavy atom. The Balaban J connectivity index is 2.27. The van der Waals surface area contributed by atoms with Gasteiger partial charge in [0.05, 0.1) is 5.56 Å². The molecule has 0 heterocycles. The van der Waals surface area contributed by atoms with E-state index in [1.165, 1.54) is 0 Å². The summed E-state index contributed by atoms with van der Waals surface area (Å²) >= 11 is 0. The lowest BCUT2D eigenvalue weighted by Crippen LogP contribution is -2.25. The molecule has 0 unspecified atom stereocenters. The fourth-order valence-electron chi connectivity index (χ4n) is 1.79. The molecule has 0 saturated carbocycles. The summed E-state index contributed by atoms with van der Waals surface area (Å²) in [6.07, 6.45) is 0.500. The van der Waals surface area contributed by atoms with Crippen molar-refractivity contribution in [1.82, 2.24) is 5.32 Å². The van der Waals surface area contributed by atoms with Crippen molar-refractivity contribution < 1.29 is 15.0 Å². The van der Waals surface area contributed by atoms with Gasteiger partial charge in [-0.3, -0.25) is 4.79 Å². The number of hydrogen-bond donors (Lipinski definition) is 3. The quantitative estimate of drug-likeness (QED) is 0.717. The Hall–Kier alpha value is -2.07. The third-order valence-electron chi connectivity index (χ3n) is 2.73. The average molecular weight is 245 g/mol. The molecule has 2 aromatic rings. The van der Waals surface area contributed by atoms with E-state index in [-0.39, 0.29) is 23.8 Å². The molecule has 0 bridgehead atoms. The second-order valence-electron chi connectivity index (χ2n) is 4.05. The number of amides is 1. The van der Waals surface area contributed by atoms with Crippen molar-refractivity contribution in [3.63, 3.8) is 0 Å². The van der Waals surface area contributed by atoms with Gasteiger partial charge >= 0.3 is 0 Å². The number of phenolic OH excluding ortho intramolecular Hbond substituents is 1. The van der Waals surface area contributed by atoms with Gasteiger partial charge in [0.2, 0.25) is 0 Å². The van der Waals surface area contributed by atoms with Crippen LogP contribution in [0.15, 0.2) is 36.4 Å². The molecule has 0 atom stereocenters. The number of carbonyl (C=O) groups excluding carboxylic acids is 1. The normalized spacial score (nSPS) is 10.5. The maximum Gasteiger partial charge on any atom is 0.255 e. The standard InChI is InChI=1S/C14H15NO3/c16-7-3-6-15-14(18)12-8-10-4-1-2-5-11(10)9-13(12)17/h1-2,4-5,8-9,16-17H,3,6-7H2,(H,15,18). The van der Waals surface area contributed by atoms with Crippen LogP contribution in [0.2, 0.25) is 0 Å². The van der Waals surface area contributed by atoms with Gasteiger partial charge in [0.25, 0.3) is 5.91 Å². The van der Waals surface area contributed by atoms with E-state index in [1.807, 2.05) is 24.3 Å². The van der Waals surface area contributed by atoms with Crippen LogP contribution in [-0.2, 0) is 0 Å². The number of hydrogen-bond acceptors (Lipinski definition) is 3. The Kier molecular flexibility index (Phi) is 3.79. The monoisotopic (exact) mass is 245 g/mol. The number of carbonyl (C=O) groups is 1. The molecule has 0 aliphatic rings. The molecular weight excluding hydrogens is 230 g/mol. The summed E-state index contributed by atoms with van der Waals surface area (Å²) in [4.78, 5) is 11.8. The lowest BCUT2D eigenvalue weighted by atomic mass is 10.1. The Morgan fingerprint density at radius 1 is 1.17 bits per heavy atom. The van der Waals surface area contributed by atoms with Gasteiger partial charge in [-0.05, 0) is 29.3 Å². The zero-order valence-electron chi connectivity index (χ0n) is 9.89. The molecule has 3 N–H and O–H groups in total. The van der Waals surface area contributed by atoms with Gasteiger partial charge in [-0.25, -0.2) is 0 Å². The van der Waals surface area contributed by atoms with Crippen LogP contribution in [0.25, 0.3) is 10.8 Å². The highest BCUT2D eigenvalue weighted by atomic mass is 16.3. The minimum absolute atomic E-state index is 0.0317. The molecule has 4 heteroatoms. The van der Waals surface area contributed by atoms with E-state index in [1.54, 1.807) is 12.1 Å². The average Bonchev–Trinajstić information content (AvgIpc) is 2.38. The van der Waals surface area contributed by atoms with E-state index >= 15 is 0 Å². The zero-order chi connectivity index (χ0) is 13.0. The molecule has 0 spiro atoms. The van der Waals surface area contributed by atoms with Crippen LogP contribution >= 0.6 is 0 Å². The first-order chi connectivity index (χ1) is 8.72. The molecule has 0 aromatic heterocycles. The second kappa shape index (κ2) is 5.51. The van der Waals surface area contributed by atoms with Gasteiger partial charge in [-0.1, -0.05) is 24.3 Å². The lowest BCUT2D eigenvalue weighted by molar-refractivity contribution is 0.0948. The molecule has 4 nitrogen and oxygen atoms in total. The molecule has 0 aliphatic carbocycles. The molecule has 18 heavy (non-hydrogen) atoms. The fourth-order valence-corrected chi connectivity index (χ4v) is 1.79. The van der Waals surface area contributed by atoms with E-state index in [4.69, 9.17) is 5.11 Å². The molecular formula is C14H15NO3. The number of benzene rings is 2. The fraction of sp³-hybridized carbons (Fsp3) is 0.214. The number of aliphatic hydroxyl groups excluding tert-OH is 1. The molecule has 0 radical (unpaired) electrons. The van der Waals surface area contributed by atoms with E-state index in [0.717, 1.165) is 10.8 Å². The first-order valence-electron chi connectivity index (χ1n) is 5.83. The molecule has 0 fully saturated rings. The number of rotatable bonds is 4. The van der Waals surface area contributed by atoms with Crippen LogP contribution < -0.4 is 5.32 Å². The van der Waals surface area contributed by atoms with Gasteiger partial charge in [-0.2, -0.15) is 0 Å². The molecule has 1 amide bonds. The SMILES string of the molecule is O=C(NCCCO)c1cc2ccccc2cc1O. The van der Waals surface area contributed by atoms with Crippen LogP contribution in [0.4, 0.5) is 0 Å². The first-order valence-corrected chi connectivity index (χ1v) is 5.83. The number of aliphatic hydroxyl groups is 1. The molecule has 0 saturated heterocycles. The maximum atomic E-state index is 11.8. The third kappa shape index (κ3) is 2.60. The van der Waals surface area contributed by atoms with Crippen LogP contribution in [0.1, 0.15) is 16.8 Å². The van der Waals surface area contributed by atoms with Gasteiger partial charge < -0.3 is 15.5 Å². The van der Waals surface area contributed by atoms with Crippen molar-refractivity contribution in [2.24, 2.45) is 0 Å². The third-order valence-corrected chi connectivity index (χ3v) is 2.73. The molecule has 2 rings (SSSR count). The molecule has 2 aromatic carbocycles. The minimum Gasteiger partial charge on any atom is -0.507 e. The summed E-state index contributed by atoms with van der Waals surface area (Å²) < 4.78 is 0. The summed E-state index contributed by atoms with van der Waals surface area (Å²) in [5, 5.41) is 22.9. The van der Waals surface area contributed by atoms with Crippen LogP contribution in [-0.4, -0.2) is 29.3 Å². The highest BCUT2D eigenvalue weighted by Gasteiger charge is 2.11. The predicted octanol–water partition coefficient (Wildman–Crippen LogP) is 1.66. The largest absolute Gasteiger partial charge is 0.507 e. The molecule has 94 valence electrons. The van der Waals surface area contributed by atoms with Gasteiger partial charge in [0.15, 0.2) is 0 Å². The van der Waals surface area contributed by atoms with Gasteiger partial charge in [0, 0.05) is 13.2 Å². The zero-order valence-corrected chi connectivity index (χ0v) is 9.89. The van der Waals surface area contributed by atoms with E-state index in [0.29, 0.717) is 13.0 Å². The number of nitrogens with one attached hydrogen (secondary N) is 1. The number of fused-ring (bicyclic) bond motifs is 1. The lowest BCUT2D eigenvalue weighted by Gasteiger charge is -2.07. The van der Waals surface area contributed by atoms with Crippen LogP contribution in [0, 0.1) is 0 Å². The first kappa shape index (κ1) is 12.4. The smallest absolute Gasteiger partial charge is 0.255 e. The second-order valence-corrected chi connectivity index (χ2v) is 4.05. The van der Waals surface area contributed by atoms with E-state index < -0.39 is 0 Å². The highest BCUT2D eigenvalue weighted by Crippen LogP contribution is 2.24. The topological polar surface area (TPSA) is 69.6 Å². The Bertz CT molecular complexity index is 566. The number of phenols is 1. The summed E-state index contributed by atoms with van der Waals surface area (Å²) in [6, 6.07) is 10.8. The Labute approximate surface area is 105 Å². The molecule has 0 aliphatic heterocycles. The Morgan fingerprint density at radius 3 is 2.50 bits per heavy atom. The summed E-state index contributed by atoms with van der Waals surface area (Å²) in [7, 11) is 0. The van der Waals surface area contributed by atoms with Crippen molar-refractivity contribution in [3.8, 4) is 5.75 Å². The maximum absolute atomic E-state index is 11.8. The summed E-state index contributed by atoms with van der Waals surface area (Å²) in [6.45, 7) is 0.422. The van der Waals surface area contributed by atoms with Crippen LogP contribution in [0.5, 0.6) is 5.75 Å². The van der Waals surface area contributed by atoms with Crippen molar-refractivity contribution in [2.45, 2.75) is 6.42 Å². The van der Waals surface area contributed by atoms with Crippen molar-refractivity contribution >= 4 is 16.7 Å². The van der Waals surface area contributed by atoms with Gasteiger partial charge in [-0.15, -0.1) is 0 Å². The van der Waals surface area contributed by atoms with E-state index in [2.05, 4.69) is 5.32 Å². The van der Waals surface area contributed by atoms with Crippen LogP contribution in [0.3, 0.4) is 0 Å². The van der Waals surface area contributed by atoms with E-state index in [9.17, 15) is 9.90 Å². The summed E-state index contributed by atoms with van der Waals surface area (Å²) in [5.74, 6) is -0.359. The highest BCUT2D eigenvalue weighted by molar-refractivity contribution is 6.01. The van der Waals surface area contributed by atoms with Crippen molar-refractivity contribution in [2.75, 3.05) is 13.2 Å². The van der Waals surface area contributed by atoms with Crippen molar-refractivity contribution in [3.05, 3.63) is 42.0 Å². The minimum atomic E-state index is -0.327. The number of aromatic hydroxyl groups is 1. The summed E-state index contributed by atoms with van der Waals surface area (Å²) in [5.41, 5.74) is 0.256. The predicted molar refractivity (Wildman–Crippen MR) is 69.6 cm³/mol. The van der Waals surface area contributed by atoms with Crippen molar-refractivity contribution in [1.29, 1.82) is 0 Å². The van der Waals surface area contributed by atoms with Gasteiger partial charge in [0.1, 0.15) is 5.75 Å².